The number of hydrogen-bond donors (Lipinski definition) is 1. The summed E-state index contributed by atoms with van der Waals surface area (Å²) in [4.78, 5) is 0. The maximum absolute atomic E-state index is 5.82. The van der Waals surface area contributed by atoms with E-state index in [-0.39, 0.29) is 18.4 Å². The molecule has 90 valence electrons. The van der Waals surface area contributed by atoms with Gasteiger partial charge in [0.05, 0.1) is 0 Å². The van der Waals surface area contributed by atoms with Crippen molar-refractivity contribution in [2.75, 3.05) is 0 Å². The first kappa shape index (κ1) is 13.6. The molecule has 0 aliphatic rings. The SMILES string of the molecule is C[C@@H](N)c1cccc(Oc2ccccc2)c1.Cl. The normalized spacial score (nSPS) is 11.4. The van der Waals surface area contributed by atoms with E-state index in [1.807, 2.05) is 61.5 Å². The topological polar surface area (TPSA) is 35.2 Å². The van der Waals surface area contributed by atoms with E-state index in [1.165, 1.54) is 0 Å². The van der Waals surface area contributed by atoms with E-state index in [9.17, 15) is 0 Å². The summed E-state index contributed by atoms with van der Waals surface area (Å²) in [5.74, 6) is 1.66. The third-order valence-corrected chi connectivity index (χ3v) is 2.36. The van der Waals surface area contributed by atoms with Crippen LogP contribution in [0.1, 0.15) is 18.5 Å². The van der Waals surface area contributed by atoms with E-state index in [0.717, 1.165) is 17.1 Å². The fourth-order valence-electron chi connectivity index (χ4n) is 1.49. The van der Waals surface area contributed by atoms with Gasteiger partial charge in [-0.2, -0.15) is 0 Å². The molecule has 0 saturated heterocycles. The third kappa shape index (κ3) is 3.77. The second kappa shape index (κ2) is 6.28. The molecule has 0 fully saturated rings. The van der Waals surface area contributed by atoms with E-state index in [4.69, 9.17) is 10.5 Å². The Labute approximate surface area is 108 Å². The third-order valence-electron chi connectivity index (χ3n) is 2.36. The quantitative estimate of drug-likeness (QED) is 0.895. The first-order chi connectivity index (χ1) is 7.75. The Morgan fingerprint density at radius 2 is 1.59 bits per heavy atom. The van der Waals surface area contributed by atoms with Crippen molar-refractivity contribution < 1.29 is 4.74 Å². The molecule has 0 bridgehead atoms. The molecule has 2 nitrogen and oxygen atoms in total. The molecule has 0 aliphatic carbocycles. The largest absolute Gasteiger partial charge is 0.457 e. The van der Waals surface area contributed by atoms with E-state index in [2.05, 4.69) is 0 Å². The van der Waals surface area contributed by atoms with Crippen LogP contribution in [0.15, 0.2) is 54.6 Å². The predicted molar refractivity (Wildman–Crippen MR) is 72.8 cm³/mol. The highest BCUT2D eigenvalue weighted by Gasteiger charge is 2.01. The lowest BCUT2D eigenvalue weighted by atomic mass is 10.1. The van der Waals surface area contributed by atoms with Gasteiger partial charge in [0.2, 0.25) is 0 Å². The van der Waals surface area contributed by atoms with Gasteiger partial charge in [0.15, 0.2) is 0 Å². The molecular weight excluding hydrogens is 234 g/mol. The van der Waals surface area contributed by atoms with Crippen molar-refractivity contribution in [3.63, 3.8) is 0 Å². The molecule has 0 aromatic heterocycles. The van der Waals surface area contributed by atoms with Gasteiger partial charge in [-0.05, 0) is 36.8 Å². The molecule has 0 radical (unpaired) electrons. The number of hydrogen-bond acceptors (Lipinski definition) is 2. The number of nitrogens with two attached hydrogens (primary N) is 1. The van der Waals surface area contributed by atoms with Gasteiger partial charge in [0.1, 0.15) is 11.5 Å². The number of halogens is 1. The summed E-state index contributed by atoms with van der Waals surface area (Å²) in [6, 6.07) is 17.6. The Morgan fingerprint density at radius 3 is 2.24 bits per heavy atom. The molecule has 17 heavy (non-hydrogen) atoms. The zero-order chi connectivity index (χ0) is 11.4. The van der Waals surface area contributed by atoms with Gasteiger partial charge in [0, 0.05) is 6.04 Å². The molecule has 0 heterocycles. The molecule has 0 aliphatic heterocycles. The van der Waals surface area contributed by atoms with Crippen molar-refractivity contribution in [2.45, 2.75) is 13.0 Å². The van der Waals surface area contributed by atoms with Crippen molar-refractivity contribution in [1.29, 1.82) is 0 Å². The number of benzene rings is 2. The number of para-hydroxylation sites is 1. The van der Waals surface area contributed by atoms with Crippen LogP contribution in [0.2, 0.25) is 0 Å². The molecule has 2 aromatic rings. The van der Waals surface area contributed by atoms with Gasteiger partial charge in [0.25, 0.3) is 0 Å². The van der Waals surface area contributed by atoms with Gasteiger partial charge in [-0.3, -0.25) is 0 Å². The van der Waals surface area contributed by atoms with Crippen LogP contribution in [0.25, 0.3) is 0 Å². The Morgan fingerprint density at radius 1 is 0.941 bits per heavy atom. The van der Waals surface area contributed by atoms with E-state index < -0.39 is 0 Å². The molecule has 0 spiro atoms. The Kier molecular flexibility index (Phi) is 5.01. The van der Waals surface area contributed by atoms with E-state index >= 15 is 0 Å². The molecule has 2 rings (SSSR count). The first-order valence-electron chi connectivity index (χ1n) is 5.34. The minimum atomic E-state index is 0. The minimum Gasteiger partial charge on any atom is -0.457 e. The summed E-state index contributed by atoms with van der Waals surface area (Å²) in [6.07, 6.45) is 0. The van der Waals surface area contributed by atoms with Gasteiger partial charge >= 0.3 is 0 Å². The first-order valence-corrected chi connectivity index (χ1v) is 5.34. The van der Waals surface area contributed by atoms with Crippen LogP contribution in [0.5, 0.6) is 11.5 Å². The summed E-state index contributed by atoms with van der Waals surface area (Å²) in [5.41, 5.74) is 6.90. The van der Waals surface area contributed by atoms with Crippen molar-refractivity contribution in [3.05, 3.63) is 60.2 Å². The maximum atomic E-state index is 5.82. The van der Waals surface area contributed by atoms with Gasteiger partial charge in [-0.1, -0.05) is 30.3 Å². The van der Waals surface area contributed by atoms with Gasteiger partial charge < -0.3 is 10.5 Å². The smallest absolute Gasteiger partial charge is 0.127 e. The van der Waals surface area contributed by atoms with E-state index in [1.54, 1.807) is 0 Å². The van der Waals surface area contributed by atoms with Gasteiger partial charge in [-0.15, -0.1) is 12.4 Å². The minimum absolute atomic E-state index is 0. The van der Waals surface area contributed by atoms with Crippen molar-refractivity contribution in [2.24, 2.45) is 5.73 Å². The van der Waals surface area contributed by atoms with Crippen LogP contribution < -0.4 is 10.5 Å². The number of rotatable bonds is 3. The average Bonchev–Trinajstić information content (AvgIpc) is 2.30. The van der Waals surface area contributed by atoms with E-state index in [0.29, 0.717) is 0 Å². The number of ether oxygens (including phenoxy) is 1. The maximum Gasteiger partial charge on any atom is 0.127 e. The molecule has 2 aromatic carbocycles. The van der Waals surface area contributed by atoms with Gasteiger partial charge in [-0.25, -0.2) is 0 Å². The highest BCUT2D eigenvalue weighted by atomic mass is 35.5. The summed E-state index contributed by atoms with van der Waals surface area (Å²) in [6.45, 7) is 1.96. The predicted octanol–water partition coefficient (Wildman–Crippen LogP) is 3.92. The lowest BCUT2D eigenvalue weighted by Crippen LogP contribution is -2.04. The summed E-state index contributed by atoms with van der Waals surface area (Å²) >= 11 is 0. The molecule has 1 atom stereocenters. The molecule has 0 amide bonds. The molecule has 0 unspecified atom stereocenters. The average molecular weight is 250 g/mol. The van der Waals surface area contributed by atoms with Crippen LogP contribution in [-0.4, -0.2) is 0 Å². The van der Waals surface area contributed by atoms with Crippen LogP contribution in [0.3, 0.4) is 0 Å². The molecular formula is C14H16ClNO. The van der Waals surface area contributed by atoms with Crippen molar-refractivity contribution in [1.82, 2.24) is 0 Å². The lowest BCUT2D eigenvalue weighted by molar-refractivity contribution is 0.481. The monoisotopic (exact) mass is 249 g/mol. The summed E-state index contributed by atoms with van der Waals surface area (Å²) in [7, 11) is 0. The molecule has 3 heteroatoms. The van der Waals surface area contributed by atoms with Crippen LogP contribution >= 0.6 is 12.4 Å². The summed E-state index contributed by atoms with van der Waals surface area (Å²) < 4.78 is 5.71. The zero-order valence-corrected chi connectivity index (χ0v) is 10.5. The standard InChI is InChI=1S/C14H15NO.ClH/c1-11(15)12-6-5-9-14(10-12)16-13-7-3-2-4-8-13;/h2-11H,15H2,1H3;1H/t11-;/m1./s1. The fourth-order valence-corrected chi connectivity index (χ4v) is 1.49. The van der Waals surface area contributed by atoms with Crippen molar-refractivity contribution in [3.8, 4) is 11.5 Å². The highest BCUT2D eigenvalue weighted by molar-refractivity contribution is 5.85. The van der Waals surface area contributed by atoms with Crippen LogP contribution in [0.4, 0.5) is 0 Å². The van der Waals surface area contributed by atoms with Crippen molar-refractivity contribution >= 4 is 12.4 Å². The molecule has 0 saturated carbocycles. The summed E-state index contributed by atoms with van der Waals surface area (Å²) in [5, 5.41) is 0. The second-order valence-electron chi connectivity index (χ2n) is 3.78. The zero-order valence-electron chi connectivity index (χ0n) is 9.67. The lowest BCUT2D eigenvalue weighted by Gasteiger charge is -2.09. The van der Waals surface area contributed by atoms with Crippen LogP contribution in [-0.2, 0) is 0 Å². The second-order valence-corrected chi connectivity index (χ2v) is 3.78. The Balaban J connectivity index is 0.00000144. The molecule has 2 N–H and O–H groups in total. The fraction of sp³-hybridized carbons (Fsp3) is 0.143. The highest BCUT2D eigenvalue weighted by Crippen LogP contribution is 2.23. The van der Waals surface area contributed by atoms with Crippen LogP contribution in [0, 0.1) is 0 Å². The Bertz CT molecular complexity index is 457. The Hall–Kier alpha value is -1.51.